The van der Waals surface area contributed by atoms with Crippen molar-refractivity contribution in [1.29, 1.82) is 0 Å². The van der Waals surface area contributed by atoms with Gasteiger partial charge in [0.05, 0.1) is 6.04 Å². The molecule has 0 aromatic heterocycles. The summed E-state index contributed by atoms with van der Waals surface area (Å²) in [5, 5.41) is 2.71. The molecule has 0 aliphatic carbocycles. The zero-order valence-corrected chi connectivity index (χ0v) is 20.2. The molecule has 3 atom stereocenters. The fourth-order valence-electron chi connectivity index (χ4n) is 3.36. The number of hydrogen-bond acceptors (Lipinski definition) is 7. The molecule has 13 heteroatoms. The Labute approximate surface area is 201 Å². The second-order valence-electron chi connectivity index (χ2n) is 8.18. The van der Waals surface area contributed by atoms with Crippen molar-refractivity contribution in [3.8, 4) is 0 Å². The molecule has 1 rings (SSSR count). The van der Waals surface area contributed by atoms with Crippen LogP contribution in [0.3, 0.4) is 0 Å². The highest BCUT2D eigenvalue weighted by Crippen LogP contribution is 2.19. The van der Waals surface area contributed by atoms with Gasteiger partial charge in [0.15, 0.2) is 5.96 Å². The number of nitrogens with zero attached hydrogens (tertiary/aromatic N) is 2. The largest absolute Gasteiger partial charge is 0.370 e. The smallest absolute Gasteiger partial charge is 0.245 e. The van der Waals surface area contributed by atoms with Gasteiger partial charge >= 0.3 is 0 Å². The molecule has 1 aliphatic rings. The Morgan fingerprint density at radius 2 is 1.74 bits per heavy atom. The Morgan fingerprint density at radius 3 is 2.26 bits per heavy atom. The summed E-state index contributed by atoms with van der Waals surface area (Å²) in [4.78, 5) is 51.7. The third-order valence-corrected chi connectivity index (χ3v) is 5.33. The summed E-state index contributed by atoms with van der Waals surface area (Å²) < 4.78 is 0. The average molecular weight is 486 g/mol. The molecule has 0 aromatic rings. The van der Waals surface area contributed by atoms with Gasteiger partial charge in [-0.05, 0) is 57.9 Å². The van der Waals surface area contributed by atoms with Gasteiger partial charge in [-0.3, -0.25) is 24.2 Å². The number of nitrogens with one attached hydrogen (secondary N) is 1. The highest BCUT2D eigenvalue weighted by Gasteiger charge is 2.36. The van der Waals surface area contributed by atoms with Crippen LogP contribution < -0.4 is 39.7 Å². The number of likely N-dealkylation sites (tertiary alicyclic amines) is 1. The van der Waals surface area contributed by atoms with Crippen LogP contribution >= 0.6 is 0 Å². The van der Waals surface area contributed by atoms with Crippen LogP contribution in [-0.4, -0.2) is 72.2 Å². The number of primary amides is 2. The minimum Gasteiger partial charge on any atom is -0.370 e. The van der Waals surface area contributed by atoms with E-state index in [0.717, 1.165) is 25.7 Å². The zero-order chi connectivity index (χ0) is 26.1. The molecule has 0 spiro atoms. The molecule has 0 radical (unpaired) electrons. The number of amides is 4. The third-order valence-electron chi connectivity index (χ3n) is 5.33. The highest BCUT2D eigenvalue weighted by molar-refractivity contribution is 5.93. The summed E-state index contributed by atoms with van der Waals surface area (Å²) in [5.41, 5.74) is 31.6. The first-order valence-electron chi connectivity index (χ1n) is 11.7. The normalized spacial score (nSPS) is 16.6. The molecule has 3 unspecified atom stereocenters. The first-order chi connectivity index (χ1) is 16.0. The van der Waals surface area contributed by atoms with Crippen molar-refractivity contribution in [1.82, 2.24) is 10.2 Å². The van der Waals surface area contributed by atoms with E-state index in [1.165, 1.54) is 4.90 Å². The second-order valence-corrected chi connectivity index (χ2v) is 8.18. The highest BCUT2D eigenvalue weighted by atomic mass is 16.2. The molecule has 0 saturated carbocycles. The van der Waals surface area contributed by atoms with E-state index in [2.05, 4.69) is 10.3 Å². The van der Waals surface area contributed by atoms with E-state index in [1.54, 1.807) is 6.92 Å². The van der Waals surface area contributed by atoms with E-state index < -0.39 is 24.0 Å². The summed E-state index contributed by atoms with van der Waals surface area (Å²) in [7, 11) is 0. The van der Waals surface area contributed by atoms with Gasteiger partial charge in [-0.1, -0.05) is 6.92 Å². The SMILES string of the molecule is CCC(N)C(=O)NC(CCCCN)C(=O)N1CCCC1C(N)=O.NC(=O)CCCCN=C(N)N. The number of aliphatic imine (C=N–C) groups is 1. The summed E-state index contributed by atoms with van der Waals surface area (Å²) in [6, 6.07) is -1.92. The summed E-state index contributed by atoms with van der Waals surface area (Å²) in [5.74, 6) is -1.32. The van der Waals surface area contributed by atoms with Crippen molar-refractivity contribution in [2.75, 3.05) is 19.6 Å². The van der Waals surface area contributed by atoms with Gasteiger partial charge in [-0.15, -0.1) is 0 Å². The van der Waals surface area contributed by atoms with E-state index in [0.29, 0.717) is 51.7 Å². The Balaban J connectivity index is 0.000000833. The molecule has 13 nitrogen and oxygen atoms in total. The molecule has 196 valence electrons. The van der Waals surface area contributed by atoms with Gasteiger partial charge in [-0.2, -0.15) is 0 Å². The molecule has 13 N–H and O–H groups in total. The average Bonchev–Trinajstić information content (AvgIpc) is 3.27. The predicted octanol–water partition coefficient (Wildman–Crippen LogP) is -2.27. The van der Waals surface area contributed by atoms with Crippen LogP contribution in [0.5, 0.6) is 0 Å². The lowest BCUT2D eigenvalue weighted by atomic mass is 10.1. The lowest BCUT2D eigenvalue weighted by molar-refractivity contribution is -0.141. The van der Waals surface area contributed by atoms with Crippen molar-refractivity contribution < 1.29 is 19.2 Å². The molecular formula is C21H43N9O4. The van der Waals surface area contributed by atoms with Crippen molar-refractivity contribution in [2.24, 2.45) is 39.4 Å². The summed E-state index contributed by atoms with van der Waals surface area (Å²) >= 11 is 0. The van der Waals surface area contributed by atoms with E-state index >= 15 is 0 Å². The third kappa shape index (κ3) is 12.9. The molecule has 1 fully saturated rings. The molecule has 0 aromatic carbocycles. The molecule has 1 heterocycles. The number of carbonyl (C=O) groups is 4. The Morgan fingerprint density at radius 1 is 1.06 bits per heavy atom. The number of unbranched alkanes of at least 4 members (excludes halogenated alkanes) is 2. The zero-order valence-electron chi connectivity index (χ0n) is 20.2. The van der Waals surface area contributed by atoms with Gasteiger partial charge in [0, 0.05) is 19.5 Å². The van der Waals surface area contributed by atoms with Crippen LogP contribution in [0.1, 0.15) is 64.7 Å². The maximum Gasteiger partial charge on any atom is 0.245 e. The number of nitrogens with two attached hydrogens (primary N) is 6. The minimum absolute atomic E-state index is 0.0871. The first-order valence-corrected chi connectivity index (χ1v) is 11.7. The molecule has 34 heavy (non-hydrogen) atoms. The Kier molecular flexibility index (Phi) is 16.0. The van der Waals surface area contributed by atoms with E-state index in [-0.39, 0.29) is 23.7 Å². The summed E-state index contributed by atoms with van der Waals surface area (Å²) in [6.45, 7) is 3.38. The predicted molar refractivity (Wildman–Crippen MR) is 131 cm³/mol. The van der Waals surface area contributed by atoms with Crippen LogP contribution in [0, 0.1) is 0 Å². The Bertz CT molecular complexity index is 683. The van der Waals surface area contributed by atoms with E-state index in [9.17, 15) is 19.2 Å². The number of guanidine groups is 1. The second kappa shape index (κ2) is 17.5. The molecule has 4 amide bonds. The van der Waals surface area contributed by atoms with Gasteiger partial charge in [0.2, 0.25) is 23.6 Å². The van der Waals surface area contributed by atoms with Crippen molar-refractivity contribution >= 4 is 29.6 Å². The molecular weight excluding hydrogens is 442 g/mol. The van der Waals surface area contributed by atoms with Crippen molar-refractivity contribution in [2.45, 2.75) is 82.8 Å². The van der Waals surface area contributed by atoms with Gasteiger partial charge in [-0.25, -0.2) is 0 Å². The topological polar surface area (TPSA) is 252 Å². The first kappa shape index (κ1) is 31.1. The van der Waals surface area contributed by atoms with Gasteiger partial charge in [0.25, 0.3) is 0 Å². The fraction of sp³-hybridized carbons (Fsp3) is 0.762. The van der Waals surface area contributed by atoms with E-state index in [4.69, 9.17) is 34.4 Å². The van der Waals surface area contributed by atoms with Crippen molar-refractivity contribution in [3.63, 3.8) is 0 Å². The monoisotopic (exact) mass is 485 g/mol. The quantitative estimate of drug-likeness (QED) is 0.0799. The van der Waals surface area contributed by atoms with Crippen LogP contribution in [0.4, 0.5) is 0 Å². The molecule has 1 saturated heterocycles. The van der Waals surface area contributed by atoms with E-state index in [1.807, 2.05) is 0 Å². The number of carbonyl (C=O) groups excluding carboxylic acids is 4. The molecule has 0 bridgehead atoms. The molecule has 1 aliphatic heterocycles. The number of hydrogen-bond donors (Lipinski definition) is 7. The summed E-state index contributed by atoms with van der Waals surface area (Å²) in [6.07, 6.45) is 5.68. The maximum absolute atomic E-state index is 12.7. The lowest BCUT2D eigenvalue weighted by Crippen LogP contribution is -2.55. The van der Waals surface area contributed by atoms with Crippen LogP contribution in [0.25, 0.3) is 0 Å². The maximum atomic E-state index is 12.7. The van der Waals surface area contributed by atoms with Crippen LogP contribution in [-0.2, 0) is 19.2 Å². The fourth-order valence-corrected chi connectivity index (χ4v) is 3.36. The Hall–Kier alpha value is -2.93. The van der Waals surface area contributed by atoms with Gasteiger partial charge < -0.3 is 44.6 Å². The van der Waals surface area contributed by atoms with Crippen LogP contribution in [0.15, 0.2) is 4.99 Å². The number of rotatable bonds is 14. The van der Waals surface area contributed by atoms with Gasteiger partial charge in [0.1, 0.15) is 12.1 Å². The lowest BCUT2D eigenvalue weighted by Gasteiger charge is -2.28. The van der Waals surface area contributed by atoms with Crippen molar-refractivity contribution in [3.05, 3.63) is 0 Å². The minimum atomic E-state index is -0.688. The standard InChI is InChI=1S/C15H29N5O3.C6H14N4O/c1-2-10(17)14(22)19-11(6-3-4-8-16)15(23)20-9-5-7-12(20)13(18)21;7-5(11)3-1-2-4-10-6(8)9/h10-12H,2-9,16-17H2,1H3,(H2,18,21)(H,19,22);1-4H2,(H2,7,11)(H4,8,9,10). The van der Waals surface area contributed by atoms with Crippen LogP contribution in [0.2, 0.25) is 0 Å².